The van der Waals surface area contributed by atoms with E-state index in [1.54, 1.807) is 0 Å². The first-order valence-electron chi connectivity index (χ1n) is 4.80. The van der Waals surface area contributed by atoms with Crippen molar-refractivity contribution in [1.29, 1.82) is 0 Å². The second-order valence-electron chi connectivity index (χ2n) is 3.95. The Morgan fingerprint density at radius 1 is 1.42 bits per heavy atom. The van der Waals surface area contributed by atoms with Crippen LogP contribution < -0.4 is 0 Å². The summed E-state index contributed by atoms with van der Waals surface area (Å²) in [5.74, 6) is 0. The number of hydrogen-bond donors (Lipinski definition) is 1. The smallest absolute Gasteiger partial charge is 0.0630 e. The second-order valence-corrected chi connectivity index (χ2v) is 3.95. The molecule has 0 aromatic carbocycles. The van der Waals surface area contributed by atoms with E-state index in [9.17, 15) is 0 Å². The van der Waals surface area contributed by atoms with E-state index >= 15 is 0 Å². The van der Waals surface area contributed by atoms with Crippen molar-refractivity contribution < 1.29 is 9.84 Å². The summed E-state index contributed by atoms with van der Waals surface area (Å²) in [4.78, 5) is 0. The Morgan fingerprint density at radius 3 is 2.42 bits per heavy atom. The lowest BCUT2D eigenvalue weighted by molar-refractivity contribution is -0.0751. The van der Waals surface area contributed by atoms with Crippen LogP contribution in [0.5, 0.6) is 0 Å². The van der Waals surface area contributed by atoms with Crippen molar-refractivity contribution >= 4 is 0 Å². The molecular formula is C10H22O2. The van der Waals surface area contributed by atoms with Gasteiger partial charge in [0.25, 0.3) is 0 Å². The van der Waals surface area contributed by atoms with Crippen molar-refractivity contribution in [3.05, 3.63) is 0 Å². The molecule has 0 spiro atoms. The second kappa shape index (κ2) is 5.55. The van der Waals surface area contributed by atoms with Crippen molar-refractivity contribution in [3.63, 3.8) is 0 Å². The topological polar surface area (TPSA) is 29.5 Å². The number of rotatable bonds is 6. The van der Waals surface area contributed by atoms with Crippen molar-refractivity contribution in [1.82, 2.24) is 0 Å². The molecule has 0 saturated heterocycles. The van der Waals surface area contributed by atoms with Crippen molar-refractivity contribution in [2.45, 2.75) is 58.7 Å². The van der Waals surface area contributed by atoms with E-state index in [4.69, 9.17) is 9.84 Å². The Balaban J connectivity index is 3.70. The first-order chi connectivity index (χ1) is 5.52. The van der Waals surface area contributed by atoms with Crippen molar-refractivity contribution in [2.75, 3.05) is 6.61 Å². The number of hydrogen-bond acceptors (Lipinski definition) is 2. The summed E-state index contributed by atoms with van der Waals surface area (Å²) < 4.78 is 5.76. The summed E-state index contributed by atoms with van der Waals surface area (Å²) in [5, 5.41) is 8.68. The van der Waals surface area contributed by atoms with Gasteiger partial charge in [-0.15, -0.1) is 0 Å². The largest absolute Gasteiger partial charge is 0.396 e. The average Bonchev–Trinajstić information content (AvgIpc) is 1.85. The SMILES string of the molecule is CCCC(C)(C)OC(C)CCO. The molecule has 1 unspecified atom stereocenters. The van der Waals surface area contributed by atoms with Crippen LogP contribution in [0.1, 0.15) is 47.0 Å². The highest BCUT2D eigenvalue weighted by Crippen LogP contribution is 2.19. The Bertz CT molecular complexity index is 110. The molecule has 0 bridgehead atoms. The number of aliphatic hydroxyl groups is 1. The predicted molar refractivity (Wildman–Crippen MR) is 51.2 cm³/mol. The molecule has 74 valence electrons. The molecule has 0 aliphatic rings. The normalized spacial score (nSPS) is 14.8. The van der Waals surface area contributed by atoms with Gasteiger partial charge in [0, 0.05) is 6.61 Å². The van der Waals surface area contributed by atoms with E-state index in [1.165, 1.54) is 0 Å². The zero-order chi connectivity index (χ0) is 9.61. The first kappa shape index (κ1) is 11.9. The third-order valence-electron chi connectivity index (χ3n) is 1.91. The lowest BCUT2D eigenvalue weighted by atomic mass is 10.0. The van der Waals surface area contributed by atoms with Gasteiger partial charge in [-0.3, -0.25) is 0 Å². The molecule has 1 N–H and O–H groups in total. The van der Waals surface area contributed by atoms with Gasteiger partial charge in [-0.2, -0.15) is 0 Å². The molecule has 12 heavy (non-hydrogen) atoms. The van der Waals surface area contributed by atoms with Gasteiger partial charge in [0.2, 0.25) is 0 Å². The molecule has 0 amide bonds. The molecule has 2 nitrogen and oxygen atoms in total. The number of ether oxygens (including phenoxy) is 1. The van der Waals surface area contributed by atoms with Crippen LogP contribution in [0.25, 0.3) is 0 Å². The Labute approximate surface area is 75.9 Å². The van der Waals surface area contributed by atoms with Crippen LogP contribution in [0, 0.1) is 0 Å². The van der Waals surface area contributed by atoms with E-state index < -0.39 is 0 Å². The maximum Gasteiger partial charge on any atom is 0.0630 e. The molecular weight excluding hydrogens is 152 g/mol. The molecule has 0 heterocycles. The van der Waals surface area contributed by atoms with Gasteiger partial charge in [0.05, 0.1) is 11.7 Å². The van der Waals surface area contributed by atoms with Gasteiger partial charge < -0.3 is 9.84 Å². The predicted octanol–water partition coefficient (Wildman–Crippen LogP) is 2.35. The summed E-state index contributed by atoms with van der Waals surface area (Å²) in [7, 11) is 0. The van der Waals surface area contributed by atoms with Crippen LogP contribution in [-0.2, 0) is 4.74 Å². The molecule has 0 fully saturated rings. The molecule has 0 rings (SSSR count). The number of aliphatic hydroxyl groups excluding tert-OH is 1. The van der Waals surface area contributed by atoms with Gasteiger partial charge >= 0.3 is 0 Å². The van der Waals surface area contributed by atoms with Gasteiger partial charge in [-0.1, -0.05) is 13.3 Å². The monoisotopic (exact) mass is 174 g/mol. The summed E-state index contributed by atoms with van der Waals surface area (Å²) in [6.45, 7) is 8.58. The molecule has 1 atom stereocenters. The van der Waals surface area contributed by atoms with Crippen LogP contribution in [0.3, 0.4) is 0 Å². The third-order valence-corrected chi connectivity index (χ3v) is 1.91. The zero-order valence-corrected chi connectivity index (χ0v) is 8.76. The van der Waals surface area contributed by atoms with Gasteiger partial charge in [-0.05, 0) is 33.6 Å². The van der Waals surface area contributed by atoms with E-state index in [-0.39, 0.29) is 18.3 Å². The fourth-order valence-corrected chi connectivity index (χ4v) is 1.45. The lowest BCUT2D eigenvalue weighted by Crippen LogP contribution is -2.29. The highest BCUT2D eigenvalue weighted by molar-refractivity contribution is 4.69. The standard InChI is InChI=1S/C10H22O2/c1-5-7-10(3,4)12-9(2)6-8-11/h9,11H,5-8H2,1-4H3. The molecule has 0 aliphatic carbocycles. The molecule has 0 aromatic heterocycles. The van der Waals surface area contributed by atoms with Crippen LogP contribution in [0.2, 0.25) is 0 Å². The minimum Gasteiger partial charge on any atom is -0.396 e. The molecule has 0 aliphatic heterocycles. The van der Waals surface area contributed by atoms with Crippen LogP contribution in [0.15, 0.2) is 0 Å². The van der Waals surface area contributed by atoms with Gasteiger partial charge in [0.1, 0.15) is 0 Å². The van der Waals surface area contributed by atoms with Crippen LogP contribution >= 0.6 is 0 Å². The zero-order valence-electron chi connectivity index (χ0n) is 8.76. The van der Waals surface area contributed by atoms with E-state index in [1.807, 2.05) is 6.92 Å². The van der Waals surface area contributed by atoms with Crippen molar-refractivity contribution in [2.24, 2.45) is 0 Å². The maximum absolute atomic E-state index is 8.68. The fraction of sp³-hybridized carbons (Fsp3) is 1.00. The highest BCUT2D eigenvalue weighted by Gasteiger charge is 2.19. The summed E-state index contributed by atoms with van der Waals surface area (Å²) in [6.07, 6.45) is 3.10. The van der Waals surface area contributed by atoms with E-state index in [0.717, 1.165) is 19.3 Å². The quantitative estimate of drug-likeness (QED) is 0.669. The highest BCUT2D eigenvalue weighted by atomic mass is 16.5. The summed E-state index contributed by atoms with van der Waals surface area (Å²) >= 11 is 0. The average molecular weight is 174 g/mol. The minimum absolute atomic E-state index is 0.0384. The lowest BCUT2D eigenvalue weighted by Gasteiger charge is -2.28. The van der Waals surface area contributed by atoms with Crippen LogP contribution in [0.4, 0.5) is 0 Å². The Kier molecular flexibility index (Phi) is 5.51. The van der Waals surface area contributed by atoms with Gasteiger partial charge in [-0.25, -0.2) is 0 Å². The molecule has 0 saturated carbocycles. The fourth-order valence-electron chi connectivity index (χ4n) is 1.45. The maximum atomic E-state index is 8.68. The summed E-state index contributed by atoms with van der Waals surface area (Å²) in [6, 6.07) is 0. The summed E-state index contributed by atoms with van der Waals surface area (Å²) in [5.41, 5.74) is -0.0384. The first-order valence-corrected chi connectivity index (χ1v) is 4.80. The van der Waals surface area contributed by atoms with E-state index in [2.05, 4.69) is 20.8 Å². The Hall–Kier alpha value is -0.0800. The van der Waals surface area contributed by atoms with Crippen molar-refractivity contribution in [3.8, 4) is 0 Å². The molecule has 0 radical (unpaired) electrons. The third kappa shape index (κ3) is 5.56. The van der Waals surface area contributed by atoms with Gasteiger partial charge in [0.15, 0.2) is 0 Å². The molecule has 2 heteroatoms. The molecule has 0 aromatic rings. The Morgan fingerprint density at radius 2 is 2.00 bits per heavy atom. The van der Waals surface area contributed by atoms with Crippen LogP contribution in [-0.4, -0.2) is 23.4 Å². The van der Waals surface area contributed by atoms with E-state index in [0.29, 0.717) is 0 Å². The minimum atomic E-state index is -0.0384.